The number of ether oxygens (including phenoxy) is 4. The zero-order valence-electron chi connectivity index (χ0n) is 19.0. The molecule has 2 N–H and O–H groups in total. The van der Waals surface area contributed by atoms with Gasteiger partial charge in [-0.15, -0.1) is 0 Å². The van der Waals surface area contributed by atoms with Crippen molar-refractivity contribution >= 4 is 5.91 Å². The molecular formula is C24H33NO6. The van der Waals surface area contributed by atoms with Crippen molar-refractivity contribution in [2.45, 2.75) is 39.7 Å². The molecule has 2 aromatic carbocycles. The second-order valence-corrected chi connectivity index (χ2v) is 7.31. The van der Waals surface area contributed by atoms with Crippen LogP contribution in [0.4, 0.5) is 0 Å². The summed E-state index contributed by atoms with van der Waals surface area (Å²) in [6.07, 6.45) is 0.384. The van der Waals surface area contributed by atoms with Crippen LogP contribution in [-0.2, 0) is 6.42 Å². The van der Waals surface area contributed by atoms with Crippen LogP contribution in [0.5, 0.6) is 23.0 Å². The van der Waals surface area contributed by atoms with Gasteiger partial charge < -0.3 is 29.4 Å². The average molecular weight is 432 g/mol. The molecule has 0 aliphatic rings. The highest BCUT2D eigenvalue weighted by atomic mass is 16.5. The molecule has 0 aliphatic carbocycles. The largest absolute Gasteiger partial charge is 0.497 e. The minimum Gasteiger partial charge on any atom is -0.497 e. The van der Waals surface area contributed by atoms with Gasteiger partial charge in [-0.1, -0.05) is 12.1 Å². The lowest BCUT2D eigenvalue weighted by Crippen LogP contribution is -2.42. The molecule has 0 spiro atoms. The Labute approximate surface area is 184 Å². The number of carbonyl (C=O) groups is 1. The highest BCUT2D eigenvalue weighted by Crippen LogP contribution is 2.39. The lowest BCUT2D eigenvalue weighted by atomic mass is 9.96. The highest BCUT2D eigenvalue weighted by molar-refractivity contribution is 5.95. The summed E-state index contributed by atoms with van der Waals surface area (Å²) in [6.45, 7) is 8.65. The zero-order chi connectivity index (χ0) is 22.9. The first kappa shape index (κ1) is 24.3. The van der Waals surface area contributed by atoms with Crippen molar-refractivity contribution in [1.29, 1.82) is 0 Å². The van der Waals surface area contributed by atoms with Gasteiger partial charge in [0, 0.05) is 18.5 Å². The Morgan fingerprint density at radius 2 is 1.52 bits per heavy atom. The molecular weight excluding hydrogens is 398 g/mol. The molecule has 7 nitrogen and oxygen atoms in total. The lowest BCUT2D eigenvalue weighted by Gasteiger charge is -2.24. The summed E-state index contributed by atoms with van der Waals surface area (Å²) in [6, 6.07) is 10.7. The van der Waals surface area contributed by atoms with Gasteiger partial charge in [-0.05, 0) is 57.5 Å². The van der Waals surface area contributed by atoms with Crippen LogP contribution in [0.15, 0.2) is 36.4 Å². The van der Waals surface area contributed by atoms with Gasteiger partial charge >= 0.3 is 0 Å². The van der Waals surface area contributed by atoms with Crippen molar-refractivity contribution in [1.82, 2.24) is 5.32 Å². The van der Waals surface area contributed by atoms with Crippen LogP contribution >= 0.6 is 0 Å². The zero-order valence-corrected chi connectivity index (χ0v) is 19.0. The van der Waals surface area contributed by atoms with Crippen molar-refractivity contribution < 1.29 is 28.8 Å². The smallest absolute Gasteiger partial charge is 0.251 e. The molecule has 0 bridgehead atoms. The Bertz CT molecular complexity index is 821. The highest BCUT2D eigenvalue weighted by Gasteiger charge is 2.24. The summed E-state index contributed by atoms with van der Waals surface area (Å²) in [7, 11) is 1.61. The van der Waals surface area contributed by atoms with Crippen LogP contribution in [0, 0.1) is 0 Å². The molecule has 2 rings (SSSR count). The van der Waals surface area contributed by atoms with Crippen molar-refractivity contribution in [3.05, 3.63) is 47.5 Å². The van der Waals surface area contributed by atoms with Crippen molar-refractivity contribution in [2.75, 3.05) is 33.5 Å². The number of aliphatic hydroxyl groups is 1. The van der Waals surface area contributed by atoms with E-state index < -0.39 is 5.60 Å². The van der Waals surface area contributed by atoms with E-state index in [0.717, 1.165) is 11.3 Å². The molecule has 0 aliphatic heterocycles. The van der Waals surface area contributed by atoms with E-state index in [9.17, 15) is 9.90 Å². The number of hydrogen-bond donors (Lipinski definition) is 2. The summed E-state index contributed by atoms with van der Waals surface area (Å²) in [4.78, 5) is 12.8. The van der Waals surface area contributed by atoms with E-state index in [1.54, 1.807) is 26.2 Å². The minimum atomic E-state index is -1.12. The quantitative estimate of drug-likeness (QED) is 0.534. The standard InChI is InChI=1S/C24H33NO6/c1-6-29-20-13-18(14-21(30-7-2)22(20)31-8-3)23(26)25-16-24(4,27)15-17-9-11-19(28-5)12-10-17/h9-14,27H,6-8,15-16H2,1-5H3,(H,25,26). The number of rotatable bonds is 12. The fraction of sp³-hybridized carbons (Fsp3) is 0.458. The predicted molar refractivity (Wildman–Crippen MR) is 120 cm³/mol. The average Bonchev–Trinajstić information content (AvgIpc) is 2.75. The second-order valence-electron chi connectivity index (χ2n) is 7.31. The molecule has 0 saturated heterocycles. The molecule has 0 heterocycles. The van der Waals surface area contributed by atoms with Crippen LogP contribution in [-0.4, -0.2) is 50.1 Å². The molecule has 31 heavy (non-hydrogen) atoms. The summed E-state index contributed by atoms with van der Waals surface area (Å²) < 4.78 is 22.2. The van der Waals surface area contributed by atoms with Crippen LogP contribution in [0.3, 0.4) is 0 Å². The molecule has 7 heteroatoms. The van der Waals surface area contributed by atoms with Gasteiger partial charge in [0.05, 0.1) is 32.5 Å². The molecule has 2 aromatic rings. The number of benzene rings is 2. The van der Waals surface area contributed by atoms with E-state index in [-0.39, 0.29) is 12.5 Å². The van der Waals surface area contributed by atoms with E-state index in [1.165, 1.54) is 0 Å². The van der Waals surface area contributed by atoms with E-state index >= 15 is 0 Å². The molecule has 1 unspecified atom stereocenters. The van der Waals surface area contributed by atoms with Crippen LogP contribution in [0.2, 0.25) is 0 Å². The Hall–Kier alpha value is -2.93. The van der Waals surface area contributed by atoms with E-state index in [0.29, 0.717) is 49.1 Å². The number of amides is 1. The third-order valence-electron chi connectivity index (χ3n) is 4.55. The maximum Gasteiger partial charge on any atom is 0.251 e. The van der Waals surface area contributed by atoms with Gasteiger partial charge in [0.2, 0.25) is 5.75 Å². The van der Waals surface area contributed by atoms with Crippen LogP contribution in [0.1, 0.15) is 43.6 Å². The number of carbonyl (C=O) groups excluding carboxylic acids is 1. The Kier molecular flexibility index (Phi) is 9.00. The molecule has 0 radical (unpaired) electrons. The Morgan fingerprint density at radius 3 is 2.00 bits per heavy atom. The molecule has 1 amide bonds. The topological polar surface area (TPSA) is 86.3 Å². The van der Waals surface area contributed by atoms with Gasteiger partial charge in [-0.25, -0.2) is 0 Å². The third-order valence-corrected chi connectivity index (χ3v) is 4.55. The number of hydrogen-bond acceptors (Lipinski definition) is 6. The maximum absolute atomic E-state index is 12.8. The first-order valence-electron chi connectivity index (χ1n) is 10.5. The van der Waals surface area contributed by atoms with Gasteiger partial charge in [0.1, 0.15) is 5.75 Å². The summed E-state index contributed by atoms with van der Waals surface area (Å²) in [5.74, 6) is 1.80. The predicted octanol–water partition coefficient (Wildman–Crippen LogP) is 3.61. The lowest BCUT2D eigenvalue weighted by molar-refractivity contribution is 0.0552. The van der Waals surface area contributed by atoms with Gasteiger partial charge in [-0.2, -0.15) is 0 Å². The molecule has 0 saturated carbocycles. The fourth-order valence-corrected chi connectivity index (χ4v) is 3.14. The molecule has 1 atom stereocenters. The number of methoxy groups -OCH3 is 1. The van der Waals surface area contributed by atoms with E-state index in [4.69, 9.17) is 18.9 Å². The summed E-state index contributed by atoms with van der Waals surface area (Å²) in [5.41, 5.74) is 0.190. The fourth-order valence-electron chi connectivity index (χ4n) is 3.14. The molecule has 0 aromatic heterocycles. The van der Waals surface area contributed by atoms with E-state index in [1.807, 2.05) is 45.0 Å². The maximum atomic E-state index is 12.8. The first-order valence-corrected chi connectivity index (χ1v) is 10.5. The molecule has 170 valence electrons. The van der Waals surface area contributed by atoms with Crippen molar-refractivity contribution in [2.24, 2.45) is 0 Å². The first-order chi connectivity index (χ1) is 14.8. The van der Waals surface area contributed by atoms with E-state index in [2.05, 4.69) is 5.32 Å². The van der Waals surface area contributed by atoms with Crippen LogP contribution in [0.25, 0.3) is 0 Å². The Balaban J connectivity index is 2.13. The van der Waals surface area contributed by atoms with Crippen molar-refractivity contribution in [3.63, 3.8) is 0 Å². The minimum absolute atomic E-state index is 0.0824. The Morgan fingerprint density at radius 1 is 0.968 bits per heavy atom. The molecule has 0 fully saturated rings. The summed E-state index contributed by atoms with van der Waals surface area (Å²) in [5, 5.41) is 13.6. The number of nitrogens with one attached hydrogen (secondary N) is 1. The SMILES string of the molecule is CCOc1cc(C(=O)NCC(C)(O)Cc2ccc(OC)cc2)cc(OCC)c1OCC. The van der Waals surface area contributed by atoms with Crippen molar-refractivity contribution in [3.8, 4) is 23.0 Å². The summed E-state index contributed by atoms with van der Waals surface area (Å²) >= 11 is 0. The third kappa shape index (κ3) is 7.07. The van der Waals surface area contributed by atoms with Gasteiger partial charge in [0.15, 0.2) is 11.5 Å². The van der Waals surface area contributed by atoms with Gasteiger partial charge in [0.25, 0.3) is 5.91 Å². The second kappa shape index (κ2) is 11.5. The monoisotopic (exact) mass is 431 g/mol. The van der Waals surface area contributed by atoms with Gasteiger partial charge in [-0.3, -0.25) is 4.79 Å². The van der Waals surface area contributed by atoms with Crippen LogP contribution < -0.4 is 24.3 Å². The normalized spacial score (nSPS) is 12.6.